The van der Waals surface area contributed by atoms with E-state index in [1.807, 2.05) is 65.0 Å². The van der Waals surface area contributed by atoms with E-state index in [0.29, 0.717) is 6.61 Å². The molecule has 0 amide bonds. The smallest absolute Gasteiger partial charge is 0.305 e. The van der Waals surface area contributed by atoms with E-state index in [1.54, 1.807) is 0 Å². The fourth-order valence-electron chi connectivity index (χ4n) is 5.27. The van der Waals surface area contributed by atoms with Crippen molar-refractivity contribution in [1.82, 2.24) is 0 Å². The first-order chi connectivity index (χ1) is 19.6. The Labute approximate surface area is 241 Å². The van der Waals surface area contributed by atoms with Gasteiger partial charge in [0.2, 0.25) is 12.6 Å². The average Bonchev–Trinajstić information content (AvgIpc) is 2.94. The van der Waals surface area contributed by atoms with Gasteiger partial charge < -0.3 is 23.7 Å². The lowest BCUT2D eigenvalue weighted by atomic mass is 9.83. The van der Waals surface area contributed by atoms with Crippen molar-refractivity contribution in [2.45, 2.75) is 111 Å². The number of azide groups is 2. The molecule has 13 nitrogen and oxygen atoms in total. The molecule has 2 aliphatic heterocycles. The van der Waals surface area contributed by atoms with Crippen LogP contribution in [-0.2, 0) is 39.9 Å². The van der Waals surface area contributed by atoms with Gasteiger partial charge in [-0.3, -0.25) is 9.59 Å². The summed E-state index contributed by atoms with van der Waals surface area (Å²) in [4.78, 5) is 28.2. The van der Waals surface area contributed by atoms with Crippen LogP contribution >= 0.6 is 0 Å². The van der Waals surface area contributed by atoms with E-state index >= 15 is 0 Å². The molecule has 2 saturated heterocycles. The predicted molar refractivity (Wildman–Crippen MR) is 150 cm³/mol. The SMILES string of the molecule is CCC1O[C@@H](OC(C)=O)C(OCc2ccccc2)[C@@H](N=[N+]=[N-])[C@@H]1C.CCC1O[C@H](OC(C)=O)C(C)[C@@H](N=[N+]=[N-])[C@@H]1C. The van der Waals surface area contributed by atoms with Crippen LogP contribution in [-0.4, -0.2) is 54.9 Å². The predicted octanol–water partition coefficient (Wildman–Crippen LogP) is 6.22. The molecule has 0 radical (unpaired) electrons. The third-order valence-electron chi connectivity index (χ3n) is 7.47. The molecular weight excluding hydrogens is 532 g/mol. The fraction of sp³-hybridized carbons (Fsp3) is 0.714. The molecule has 0 aromatic heterocycles. The molecule has 0 aliphatic carbocycles. The minimum atomic E-state index is -0.886. The van der Waals surface area contributed by atoms with Gasteiger partial charge in [0.05, 0.1) is 30.9 Å². The van der Waals surface area contributed by atoms with Gasteiger partial charge in [0, 0.05) is 29.6 Å². The summed E-state index contributed by atoms with van der Waals surface area (Å²) >= 11 is 0. The van der Waals surface area contributed by atoms with Crippen LogP contribution in [0.3, 0.4) is 0 Å². The first-order valence-corrected chi connectivity index (χ1v) is 14.0. The minimum absolute atomic E-state index is 0.0431. The number of carbonyl (C=O) groups excluding carboxylic acids is 2. The summed E-state index contributed by atoms with van der Waals surface area (Å²) in [5.74, 6) is -0.896. The number of esters is 2. The molecule has 0 saturated carbocycles. The lowest BCUT2D eigenvalue weighted by Crippen LogP contribution is -2.54. The number of rotatable bonds is 9. The van der Waals surface area contributed by atoms with Crippen LogP contribution < -0.4 is 0 Å². The molecule has 0 spiro atoms. The summed E-state index contributed by atoms with van der Waals surface area (Å²) in [5, 5.41) is 7.71. The second kappa shape index (κ2) is 16.8. The lowest BCUT2D eigenvalue weighted by Gasteiger charge is -2.43. The zero-order valence-corrected chi connectivity index (χ0v) is 24.8. The quantitative estimate of drug-likeness (QED) is 0.145. The molecule has 4 unspecified atom stereocenters. The molecule has 13 heteroatoms. The van der Waals surface area contributed by atoms with Crippen molar-refractivity contribution in [2.75, 3.05) is 0 Å². The molecular formula is C28H42N6O7. The highest BCUT2D eigenvalue weighted by atomic mass is 16.7. The average molecular weight is 575 g/mol. The Morgan fingerprint density at radius 3 is 1.80 bits per heavy atom. The maximum atomic E-state index is 11.4. The third-order valence-corrected chi connectivity index (χ3v) is 7.47. The fourth-order valence-corrected chi connectivity index (χ4v) is 5.27. The van der Waals surface area contributed by atoms with Gasteiger partial charge in [-0.05, 0) is 41.3 Å². The van der Waals surface area contributed by atoms with Crippen molar-refractivity contribution in [3.63, 3.8) is 0 Å². The van der Waals surface area contributed by atoms with E-state index in [0.717, 1.165) is 18.4 Å². The van der Waals surface area contributed by atoms with Crippen molar-refractivity contribution >= 4 is 11.9 Å². The monoisotopic (exact) mass is 574 g/mol. The van der Waals surface area contributed by atoms with Gasteiger partial charge in [-0.25, -0.2) is 0 Å². The Morgan fingerprint density at radius 2 is 1.29 bits per heavy atom. The summed E-state index contributed by atoms with van der Waals surface area (Å²) in [6.07, 6.45) is -0.854. The zero-order valence-electron chi connectivity index (χ0n) is 24.8. The number of ether oxygens (including phenoxy) is 5. The molecule has 10 atom stereocenters. The van der Waals surface area contributed by atoms with Gasteiger partial charge in [0.15, 0.2) is 0 Å². The zero-order chi connectivity index (χ0) is 30.5. The molecule has 2 aliphatic rings. The Hall–Kier alpha value is -3.34. The van der Waals surface area contributed by atoms with Crippen molar-refractivity contribution in [1.29, 1.82) is 0 Å². The Morgan fingerprint density at radius 1 is 0.805 bits per heavy atom. The molecule has 3 rings (SSSR count). The van der Waals surface area contributed by atoms with Crippen molar-refractivity contribution < 1.29 is 33.3 Å². The summed E-state index contributed by atoms with van der Waals surface area (Å²) in [7, 11) is 0. The molecule has 1 aromatic rings. The lowest BCUT2D eigenvalue weighted by molar-refractivity contribution is -0.262. The van der Waals surface area contributed by atoms with E-state index in [9.17, 15) is 9.59 Å². The van der Waals surface area contributed by atoms with Crippen molar-refractivity contribution in [3.8, 4) is 0 Å². The van der Waals surface area contributed by atoms with Crippen LogP contribution in [0.1, 0.15) is 66.9 Å². The second-order valence-corrected chi connectivity index (χ2v) is 10.4. The molecule has 2 heterocycles. The summed E-state index contributed by atoms with van der Waals surface area (Å²) < 4.78 is 27.9. The molecule has 1 aromatic carbocycles. The van der Waals surface area contributed by atoms with Gasteiger partial charge in [-0.1, -0.05) is 75.2 Å². The first kappa shape index (κ1) is 33.9. The molecule has 2 fully saturated rings. The topological polar surface area (TPSA) is 178 Å². The van der Waals surface area contributed by atoms with Crippen LogP contribution in [0.5, 0.6) is 0 Å². The van der Waals surface area contributed by atoms with Crippen LogP contribution in [0.2, 0.25) is 0 Å². The van der Waals surface area contributed by atoms with Gasteiger partial charge >= 0.3 is 11.9 Å². The van der Waals surface area contributed by atoms with Crippen LogP contribution in [0, 0.1) is 17.8 Å². The second-order valence-electron chi connectivity index (χ2n) is 10.4. The van der Waals surface area contributed by atoms with E-state index in [1.165, 1.54) is 13.8 Å². The highest BCUT2D eigenvalue weighted by Crippen LogP contribution is 2.35. The number of hydrogen-bond acceptors (Lipinski definition) is 9. The maximum absolute atomic E-state index is 11.4. The van der Waals surface area contributed by atoms with Gasteiger partial charge in [0.25, 0.3) is 0 Å². The number of benzene rings is 1. The van der Waals surface area contributed by atoms with E-state index < -0.39 is 30.7 Å². The van der Waals surface area contributed by atoms with Crippen molar-refractivity contribution in [2.24, 2.45) is 28.0 Å². The van der Waals surface area contributed by atoms with E-state index in [4.69, 9.17) is 34.7 Å². The number of carbonyl (C=O) groups is 2. The first-order valence-electron chi connectivity index (χ1n) is 14.0. The highest BCUT2D eigenvalue weighted by molar-refractivity contribution is 5.66. The molecule has 41 heavy (non-hydrogen) atoms. The van der Waals surface area contributed by atoms with Crippen LogP contribution in [0.4, 0.5) is 0 Å². The summed E-state index contributed by atoms with van der Waals surface area (Å²) in [5.41, 5.74) is 18.5. The minimum Gasteiger partial charge on any atom is -0.436 e. The van der Waals surface area contributed by atoms with Gasteiger partial charge in [-0.2, -0.15) is 0 Å². The van der Waals surface area contributed by atoms with E-state index in [2.05, 4.69) is 20.1 Å². The highest BCUT2D eigenvalue weighted by Gasteiger charge is 2.45. The maximum Gasteiger partial charge on any atom is 0.305 e. The van der Waals surface area contributed by atoms with Crippen molar-refractivity contribution in [3.05, 3.63) is 56.8 Å². The Bertz CT molecular complexity index is 1080. The summed E-state index contributed by atoms with van der Waals surface area (Å²) in [6.45, 7) is 12.8. The normalized spacial score (nSPS) is 32.7. The van der Waals surface area contributed by atoms with E-state index in [-0.39, 0.29) is 42.0 Å². The third kappa shape index (κ3) is 9.62. The molecule has 226 valence electrons. The molecule has 0 bridgehead atoms. The van der Waals surface area contributed by atoms with Gasteiger partial charge in [0.1, 0.15) is 6.10 Å². The summed E-state index contributed by atoms with van der Waals surface area (Å²) in [6, 6.07) is 8.95. The van der Waals surface area contributed by atoms with Gasteiger partial charge in [-0.15, -0.1) is 0 Å². The largest absolute Gasteiger partial charge is 0.436 e. The van der Waals surface area contributed by atoms with Crippen LogP contribution in [0.15, 0.2) is 40.6 Å². The molecule has 0 N–H and O–H groups in total. The Kier molecular flexibility index (Phi) is 13.9. The number of nitrogens with zero attached hydrogens (tertiary/aromatic N) is 6. The van der Waals surface area contributed by atoms with Crippen LogP contribution in [0.25, 0.3) is 20.9 Å². The standard InChI is InChI=1S/C17H23N3O4.C11H19N3O3/c1-4-14-11(2)15(19-20-18)16(17(24-14)23-12(3)21)22-10-13-8-6-5-7-9-13;1-5-9-6(2)10(13-14-12)7(3)11(17-9)16-8(4)15/h5-9,11,14-17H,4,10H2,1-3H3;6-7,9-11H,5H2,1-4H3/t11-,14?,15+,16?,17-;6-,7?,9?,10+,11+/m11/s1. The Balaban J connectivity index is 0.000000305. The number of hydrogen-bond donors (Lipinski definition) is 0.